The monoisotopic (exact) mass is 363 g/mol. The van der Waals surface area contributed by atoms with Crippen molar-refractivity contribution in [2.24, 2.45) is 0 Å². The van der Waals surface area contributed by atoms with E-state index in [1.807, 2.05) is 17.0 Å². The summed E-state index contributed by atoms with van der Waals surface area (Å²) in [5.41, 5.74) is 2.50. The van der Waals surface area contributed by atoms with Gasteiger partial charge < -0.3 is 10.2 Å². The van der Waals surface area contributed by atoms with Gasteiger partial charge in [-0.3, -0.25) is 14.9 Å². The van der Waals surface area contributed by atoms with Gasteiger partial charge >= 0.3 is 6.03 Å². The zero-order valence-electron chi connectivity index (χ0n) is 14.2. The first-order chi connectivity index (χ1) is 11.9. The van der Waals surface area contributed by atoms with Crippen LogP contribution in [0.1, 0.15) is 42.7 Å². The van der Waals surface area contributed by atoms with Crippen molar-refractivity contribution >= 4 is 29.4 Å². The van der Waals surface area contributed by atoms with Crippen molar-refractivity contribution in [3.63, 3.8) is 0 Å². The average molecular weight is 364 g/mol. The van der Waals surface area contributed by atoms with E-state index in [2.05, 4.69) is 23.6 Å². The van der Waals surface area contributed by atoms with E-state index in [4.69, 9.17) is 11.6 Å². The fraction of sp³-hybridized carbons (Fsp3) is 0.500. The predicted octanol–water partition coefficient (Wildman–Crippen LogP) is 2.34. The molecular formula is C18H22ClN3O3. The standard InChI is InChI=1S/C18H22ClN3O3/c1-11-10-13(19)2-3-14(11)12-6-8-22(9-7-12)16(23)5-4-15-17(24)21-18(25)20-15/h2-3,10,12,15H,4-9H2,1H3,(H2,20,21,24,25)/t15-/m1/s1. The first kappa shape index (κ1) is 17.7. The van der Waals surface area contributed by atoms with Crippen LogP contribution in [0.15, 0.2) is 18.2 Å². The molecule has 0 aliphatic carbocycles. The summed E-state index contributed by atoms with van der Waals surface area (Å²) in [7, 11) is 0. The zero-order chi connectivity index (χ0) is 18.0. The van der Waals surface area contributed by atoms with Crippen LogP contribution in [0, 0.1) is 6.92 Å². The largest absolute Gasteiger partial charge is 0.343 e. The van der Waals surface area contributed by atoms with Gasteiger partial charge in [-0.1, -0.05) is 17.7 Å². The van der Waals surface area contributed by atoms with E-state index in [1.54, 1.807) is 0 Å². The third-order valence-corrected chi connectivity index (χ3v) is 5.26. The highest BCUT2D eigenvalue weighted by Crippen LogP contribution is 2.31. The summed E-state index contributed by atoms with van der Waals surface area (Å²) in [6, 6.07) is 4.91. The fourth-order valence-electron chi connectivity index (χ4n) is 3.63. The summed E-state index contributed by atoms with van der Waals surface area (Å²) >= 11 is 6.02. The molecule has 3 rings (SSSR count). The lowest BCUT2D eigenvalue weighted by Gasteiger charge is -2.33. The molecule has 1 aromatic carbocycles. The SMILES string of the molecule is Cc1cc(Cl)ccc1C1CCN(C(=O)CC[C@H]2NC(=O)NC2=O)CC1. The van der Waals surface area contributed by atoms with Crippen molar-refractivity contribution in [2.75, 3.05) is 13.1 Å². The molecule has 0 aromatic heterocycles. The van der Waals surface area contributed by atoms with Gasteiger partial charge in [0, 0.05) is 24.5 Å². The minimum Gasteiger partial charge on any atom is -0.343 e. The number of amides is 4. The number of nitrogens with zero attached hydrogens (tertiary/aromatic N) is 1. The molecule has 7 heteroatoms. The van der Waals surface area contributed by atoms with Crippen LogP contribution in [0.3, 0.4) is 0 Å². The molecule has 6 nitrogen and oxygen atoms in total. The second-order valence-electron chi connectivity index (χ2n) is 6.71. The Bertz CT molecular complexity index is 699. The number of carbonyl (C=O) groups is 3. The van der Waals surface area contributed by atoms with E-state index in [9.17, 15) is 14.4 Å². The second-order valence-corrected chi connectivity index (χ2v) is 7.15. The van der Waals surface area contributed by atoms with Crippen molar-refractivity contribution in [1.29, 1.82) is 0 Å². The van der Waals surface area contributed by atoms with Crippen LogP contribution in [-0.4, -0.2) is 41.9 Å². The molecule has 1 aromatic rings. The molecule has 2 saturated heterocycles. The Kier molecular flexibility index (Phi) is 5.27. The van der Waals surface area contributed by atoms with Crippen LogP contribution in [0.2, 0.25) is 5.02 Å². The molecule has 0 spiro atoms. The summed E-state index contributed by atoms with van der Waals surface area (Å²) in [5, 5.41) is 5.45. The van der Waals surface area contributed by atoms with E-state index in [1.165, 1.54) is 11.1 Å². The third kappa shape index (κ3) is 4.12. The highest BCUT2D eigenvalue weighted by atomic mass is 35.5. The van der Waals surface area contributed by atoms with Gasteiger partial charge in [0.15, 0.2) is 0 Å². The quantitative estimate of drug-likeness (QED) is 0.806. The Balaban J connectivity index is 1.49. The lowest BCUT2D eigenvalue weighted by molar-refractivity contribution is -0.132. The number of aryl methyl sites for hydroxylation is 1. The molecular weight excluding hydrogens is 342 g/mol. The highest BCUT2D eigenvalue weighted by molar-refractivity contribution is 6.30. The molecule has 2 fully saturated rings. The van der Waals surface area contributed by atoms with Gasteiger partial charge in [0.1, 0.15) is 6.04 Å². The van der Waals surface area contributed by atoms with Crippen LogP contribution in [0.5, 0.6) is 0 Å². The molecule has 4 amide bonds. The van der Waals surface area contributed by atoms with Gasteiger partial charge in [-0.05, 0) is 55.4 Å². The number of hydrogen-bond donors (Lipinski definition) is 2. The summed E-state index contributed by atoms with van der Waals surface area (Å²) in [6.45, 7) is 3.50. The Morgan fingerprint density at radius 3 is 2.60 bits per heavy atom. The number of hydrogen-bond acceptors (Lipinski definition) is 3. The van der Waals surface area contributed by atoms with Gasteiger partial charge in [-0.15, -0.1) is 0 Å². The highest BCUT2D eigenvalue weighted by Gasteiger charge is 2.31. The number of likely N-dealkylation sites (tertiary alicyclic amines) is 1. The number of rotatable bonds is 4. The van der Waals surface area contributed by atoms with E-state index in [0.29, 0.717) is 12.3 Å². The van der Waals surface area contributed by atoms with Crippen molar-refractivity contribution in [2.45, 2.75) is 44.6 Å². The van der Waals surface area contributed by atoms with Crippen LogP contribution in [0.25, 0.3) is 0 Å². The molecule has 2 aliphatic heterocycles. The molecule has 2 N–H and O–H groups in total. The number of piperidine rings is 1. The summed E-state index contributed by atoms with van der Waals surface area (Å²) in [6.07, 6.45) is 2.46. The Labute approximate surface area is 151 Å². The Hall–Kier alpha value is -2.08. The Morgan fingerprint density at radius 1 is 1.28 bits per heavy atom. The third-order valence-electron chi connectivity index (χ3n) is 5.02. The van der Waals surface area contributed by atoms with Gasteiger partial charge in [-0.2, -0.15) is 0 Å². The van der Waals surface area contributed by atoms with Crippen molar-refractivity contribution in [3.05, 3.63) is 34.3 Å². The predicted molar refractivity (Wildman–Crippen MR) is 94.4 cm³/mol. The maximum absolute atomic E-state index is 12.4. The molecule has 0 radical (unpaired) electrons. The maximum Gasteiger partial charge on any atom is 0.322 e. The molecule has 2 aliphatic rings. The number of benzene rings is 1. The van der Waals surface area contributed by atoms with Crippen LogP contribution in [0.4, 0.5) is 4.79 Å². The normalized spacial score (nSPS) is 21.2. The molecule has 25 heavy (non-hydrogen) atoms. The van der Waals surface area contributed by atoms with E-state index in [-0.39, 0.29) is 18.2 Å². The smallest absolute Gasteiger partial charge is 0.322 e. The second kappa shape index (κ2) is 7.44. The summed E-state index contributed by atoms with van der Waals surface area (Å²) < 4.78 is 0. The first-order valence-electron chi connectivity index (χ1n) is 8.59. The number of halogens is 1. The van der Waals surface area contributed by atoms with Gasteiger partial charge in [0.2, 0.25) is 5.91 Å². The molecule has 0 unspecified atom stereocenters. The molecule has 134 valence electrons. The van der Waals surface area contributed by atoms with Gasteiger partial charge in [0.25, 0.3) is 5.91 Å². The number of carbonyl (C=O) groups excluding carboxylic acids is 3. The number of imide groups is 1. The van der Waals surface area contributed by atoms with E-state index >= 15 is 0 Å². The number of urea groups is 1. The Morgan fingerprint density at radius 2 is 2.00 bits per heavy atom. The minimum atomic E-state index is -0.592. The molecule has 2 heterocycles. The summed E-state index contributed by atoms with van der Waals surface area (Å²) in [4.78, 5) is 36.8. The molecule has 0 saturated carbocycles. The van der Waals surface area contributed by atoms with E-state index < -0.39 is 12.1 Å². The van der Waals surface area contributed by atoms with Crippen molar-refractivity contribution < 1.29 is 14.4 Å². The zero-order valence-corrected chi connectivity index (χ0v) is 14.9. The van der Waals surface area contributed by atoms with Gasteiger partial charge in [-0.25, -0.2) is 4.79 Å². The van der Waals surface area contributed by atoms with E-state index in [0.717, 1.165) is 31.0 Å². The lowest BCUT2D eigenvalue weighted by atomic mass is 9.87. The maximum atomic E-state index is 12.4. The fourth-order valence-corrected chi connectivity index (χ4v) is 3.85. The minimum absolute atomic E-state index is 0.0419. The van der Waals surface area contributed by atoms with Gasteiger partial charge in [0.05, 0.1) is 0 Å². The topological polar surface area (TPSA) is 78.5 Å². The molecule has 0 bridgehead atoms. The van der Waals surface area contributed by atoms with Crippen molar-refractivity contribution in [1.82, 2.24) is 15.5 Å². The van der Waals surface area contributed by atoms with Crippen LogP contribution >= 0.6 is 11.6 Å². The van der Waals surface area contributed by atoms with Crippen LogP contribution in [-0.2, 0) is 9.59 Å². The average Bonchev–Trinajstić information content (AvgIpc) is 2.90. The van der Waals surface area contributed by atoms with Crippen LogP contribution < -0.4 is 10.6 Å². The molecule has 1 atom stereocenters. The first-order valence-corrected chi connectivity index (χ1v) is 8.97. The lowest BCUT2D eigenvalue weighted by Crippen LogP contribution is -2.39. The summed E-state index contributed by atoms with van der Waals surface area (Å²) in [5.74, 6) is 0.135. The van der Waals surface area contributed by atoms with Crippen molar-refractivity contribution in [3.8, 4) is 0 Å². The number of nitrogens with one attached hydrogen (secondary N) is 2.